The van der Waals surface area contributed by atoms with E-state index in [4.69, 9.17) is 21.1 Å². The van der Waals surface area contributed by atoms with E-state index < -0.39 is 18.0 Å². The maximum atomic E-state index is 14.1. The van der Waals surface area contributed by atoms with E-state index in [1.165, 1.54) is 28.9 Å². The number of benzene rings is 1. The first-order valence-corrected chi connectivity index (χ1v) is 11.8. The normalized spacial score (nSPS) is 12.4. The number of rotatable bonds is 8. The maximum Gasteiger partial charge on any atom is 0.411 e. The van der Waals surface area contributed by atoms with Crippen LogP contribution >= 0.6 is 35.7 Å². The van der Waals surface area contributed by atoms with E-state index in [1.807, 2.05) is 27.7 Å². The lowest BCUT2D eigenvalue weighted by atomic mass is 10.1. The third-order valence-corrected chi connectivity index (χ3v) is 6.36. The Morgan fingerprint density at radius 3 is 2.35 bits per heavy atom. The molecule has 0 saturated heterocycles. The summed E-state index contributed by atoms with van der Waals surface area (Å²) in [5.74, 6) is -0.472. The Morgan fingerprint density at radius 1 is 1.26 bits per heavy atom. The molecule has 0 aliphatic heterocycles. The lowest BCUT2D eigenvalue weighted by Crippen LogP contribution is -2.43. The summed E-state index contributed by atoms with van der Waals surface area (Å²) in [5.41, 5.74) is 0.813. The van der Waals surface area contributed by atoms with Crippen molar-refractivity contribution < 1.29 is 22.5 Å². The summed E-state index contributed by atoms with van der Waals surface area (Å²) in [7, 11) is 1.36. The Kier molecular flexibility index (Phi) is 8.91. The standard InChI is InChI=1S/C20H26ClF2N3O3S2/c1-10(2)25(11(3)4)20(27)29-17(13-8-14(21)15(22)9-16(13)28-6)18-24-12(5)19(30-7)26(18)31-23/h8-11,17H,1-7H3. The molecule has 0 aliphatic rings. The molecule has 2 aromatic rings. The van der Waals surface area contributed by atoms with Crippen molar-refractivity contribution in [2.24, 2.45) is 0 Å². The maximum absolute atomic E-state index is 14.1. The molecule has 0 radical (unpaired) electrons. The van der Waals surface area contributed by atoms with Crippen LogP contribution in [0, 0.1) is 12.7 Å². The van der Waals surface area contributed by atoms with E-state index in [-0.39, 0.29) is 46.6 Å². The molecule has 1 heterocycles. The van der Waals surface area contributed by atoms with Crippen LogP contribution in [0.25, 0.3) is 0 Å². The van der Waals surface area contributed by atoms with Crippen LogP contribution in [0.3, 0.4) is 0 Å². The summed E-state index contributed by atoms with van der Waals surface area (Å²) in [4.78, 5) is 19.1. The van der Waals surface area contributed by atoms with Crippen molar-refractivity contribution in [2.75, 3.05) is 13.4 Å². The quantitative estimate of drug-likeness (QED) is 0.394. The van der Waals surface area contributed by atoms with Gasteiger partial charge in [-0.25, -0.2) is 18.1 Å². The summed E-state index contributed by atoms with van der Waals surface area (Å²) < 4.78 is 40.4. The van der Waals surface area contributed by atoms with Gasteiger partial charge in [-0.15, -0.1) is 15.6 Å². The van der Waals surface area contributed by atoms with Gasteiger partial charge in [0.2, 0.25) is 0 Å². The van der Waals surface area contributed by atoms with Gasteiger partial charge in [0, 0.05) is 23.7 Å². The van der Waals surface area contributed by atoms with Gasteiger partial charge in [0.15, 0.2) is 24.3 Å². The molecule has 31 heavy (non-hydrogen) atoms. The van der Waals surface area contributed by atoms with Gasteiger partial charge in [0.05, 0.1) is 17.8 Å². The monoisotopic (exact) mass is 493 g/mol. The molecule has 1 aromatic heterocycles. The number of imidazole rings is 1. The van der Waals surface area contributed by atoms with E-state index in [0.717, 1.165) is 6.07 Å². The van der Waals surface area contributed by atoms with Crippen molar-refractivity contribution in [2.45, 2.75) is 57.8 Å². The molecule has 1 amide bonds. The van der Waals surface area contributed by atoms with Gasteiger partial charge < -0.3 is 14.4 Å². The third-order valence-electron chi connectivity index (χ3n) is 4.58. The second-order valence-corrected chi connectivity index (χ2v) is 9.00. The molecule has 0 fully saturated rings. The zero-order valence-corrected chi connectivity index (χ0v) is 20.8. The number of halogens is 3. The second kappa shape index (κ2) is 10.8. The number of ether oxygens (including phenoxy) is 2. The van der Waals surface area contributed by atoms with Crippen molar-refractivity contribution in [3.05, 3.63) is 40.1 Å². The minimum absolute atomic E-state index is 0.0601. The van der Waals surface area contributed by atoms with Crippen molar-refractivity contribution in [3.63, 3.8) is 0 Å². The van der Waals surface area contributed by atoms with Crippen LogP contribution in [0.5, 0.6) is 5.75 Å². The van der Waals surface area contributed by atoms with E-state index in [2.05, 4.69) is 4.98 Å². The highest BCUT2D eigenvalue weighted by Crippen LogP contribution is 2.39. The van der Waals surface area contributed by atoms with Crippen LogP contribution in [0.2, 0.25) is 5.02 Å². The van der Waals surface area contributed by atoms with Crippen LogP contribution in [-0.2, 0) is 4.74 Å². The predicted octanol–water partition coefficient (Wildman–Crippen LogP) is 6.44. The number of amides is 1. The van der Waals surface area contributed by atoms with Gasteiger partial charge in [-0.1, -0.05) is 11.6 Å². The Hall–Kier alpha value is -1.65. The molecule has 0 N–H and O–H groups in total. The van der Waals surface area contributed by atoms with Crippen LogP contribution in [0.1, 0.15) is 50.9 Å². The van der Waals surface area contributed by atoms with Crippen LogP contribution in [0.15, 0.2) is 17.2 Å². The SMILES string of the molecule is COc1cc(F)c(Cl)cc1C(OC(=O)N(C(C)C)C(C)C)c1nc(C)c(SC)n1SF. The largest absolute Gasteiger partial charge is 0.496 e. The topological polar surface area (TPSA) is 56.6 Å². The Morgan fingerprint density at radius 2 is 1.87 bits per heavy atom. The predicted molar refractivity (Wildman–Crippen MR) is 121 cm³/mol. The first-order valence-electron chi connectivity index (χ1n) is 9.51. The molecule has 0 aliphatic carbocycles. The molecular weight excluding hydrogens is 468 g/mol. The van der Waals surface area contributed by atoms with Crippen molar-refractivity contribution in [1.29, 1.82) is 0 Å². The molecule has 1 atom stereocenters. The molecule has 172 valence electrons. The molecular formula is C20H26ClF2N3O3S2. The number of thioether (sulfide) groups is 1. The van der Waals surface area contributed by atoms with Crippen molar-refractivity contribution in [3.8, 4) is 5.75 Å². The third kappa shape index (κ3) is 5.40. The zero-order valence-electron chi connectivity index (χ0n) is 18.4. The van der Waals surface area contributed by atoms with Crippen molar-refractivity contribution in [1.82, 2.24) is 13.9 Å². The average molecular weight is 494 g/mol. The fourth-order valence-electron chi connectivity index (χ4n) is 3.34. The number of nitrogens with zero attached hydrogens (tertiary/aromatic N) is 3. The first-order chi connectivity index (χ1) is 14.6. The summed E-state index contributed by atoms with van der Waals surface area (Å²) in [6, 6.07) is 2.11. The number of carbonyl (C=O) groups is 1. The molecule has 0 bridgehead atoms. The Balaban J connectivity index is 2.71. The van der Waals surface area contributed by atoms with Gasteiger partial charge in [0.1, 0.15) is 16.6 Å². The summed E-state index contributed by atoms with van der Waals surface area (Å²) >= 11 is 7.26. The highest BCUT2D eigenvalue weighted by atomic mass is 35.5. The highest BCUT2D eigenvalue weighted by Gasteiger charge is 2.33. The summed E-state index contributed by atoms with van der Waals surface area (Å²) in [6.07, 6.45) is -0.0291. The van der Waals surface area contributed by atoms with Crippen LogP contribution in [-0.4, -0.2) is 45.4 Å². The summed E-state index contributed by atoms with van der Waals surface area (Å²) in [5, 5.41) is 0.370. The molecule has 6 nitrogen and oxygen atoms in total. The fraction of sp³-hybridized carbons (Fsp3) is 0.500. The van der Waals surface area contributed by atoms with Crippen LogP contribution in [0.4, 0.5) is 13.1 Å². The number of carbonyl (C=O) groups excluding carboxylic acids is 1. The van der Waals surface area contributed by atoms with Gasteiger partial charge in [-0.2, -0.15) is 0 Å². The molecule has 2 rings (SSSR count). The fourth-order valence-corrected chi connectivity index (χ4v) is 4.82. The average Bonchev–Trinajstić information content (AvgIpc) is 3.02. The summed E-state index contributed by atoms with van der Waals surface area (Å²) in [6.45, 7) is 9.17. The van der Waals surface area contributed by atoms with Gasteiger partial charge in [-0.05, 0) is 46.9 Å². The first kappa shape index (κ1) is 25.6. The molecule has 11 heteroatoms. The minimum Gasteiger partial charge on any atom is -0.496 e. The molecule has 0 spiro atoms. The van der Waals surface area contributed by atoms with E-state index in [9.17, 15) is 13.1 Å². The number of hydrogen-bond donors (Lipinski definition) is 0. The van der Waals surface area contributed by atoms with E-state index in [0.29, 0.717) is 10.7 Å². The Labute approximate surface area is 195 Å². The van der Waals surface area contributed by atoms with E-state index in [1.54, 1.807) is 18.1 Å². The molecule has 1 unspecified atom stereocenters. The van der Waals surface area contributed by atoms with Crippen LogP contribution < -0.4 is 4.74 Å². The lowest BCUT2D eigenvalue weighted by molar-refractivity contribution is 0.0541. The number of aryl methyl sites for hydroxylation is 1. The lowest BCUT2D eigenvalue weighted by Gasteiger charge is -2.31. The second-order valence-electron chi connectivity index (χ2n) is 7.29. The zero-order chi connectivity index (χ0) is 23.5. The van der Waals surface area contributed by atoms with Gasteiger partial charge in [0.25, 0.3) is 0 Å². The number of methoxy groups -OCH3 is 1. The molecule has 0 saturated carbocycles. The highest BCUT2D eigenvalue weighted by molar-refractivity contribution is 7.99. The molecule has 1 aromatic carbocycles. The number of hydrogen-bond acceptors (Lipinski definition) is 6. The minimum atomic E-state index is -1.19. The smallest absolute Gasteiger partial charge is 0.411 e. The van der Waals surface area contributed by atoms with E-state index >= 15 is 0 Å². The van der Waals surface area contributed by atoms with Crippen molar-refractivity contribution >= 4 is 41.8 Å². The Bertz CT molecular complexity index is 933. The van der Waals surface area contributed by atoms with Gasteiger partial charge in [-0.3, -0.25) is 0 Å². The van der Waals surface area contributed by atoms with Gasteiger partial charge >= 0.3 is 6.09 Å². The number of aromatic nitrogens is 2.